The van der Waals surface area contributed by atoms with E-state index in [1.54, 1.807) is 0 Å². The van der Waals surface area contributed by atoms with Crippen LogP contribution in [-0.4, -0.2) is 5.78 Å². The molecule has 1 aromatic carbocycles. The molecular weight excluding hydrogens is 232 g/mol. The van der Waals surface area contributed by atoms with Gasteiger partial charge >= 0.3 is 0 Å². The first-order valence-corrected chi connectivity index (χ1v) is 7.79. The Morgan fingerprint density at radius 1 is 1.00 bits per heavy atom. The largest absolute Gasteiger partial charge is 0.294 e. The number of hydrogen-bond donors (Lipinski definition) is 0. The van der Waals surface area contributed by atoms with Gasteiger partial charge in [-0.25, -0.2) is 0 Å². The molecule has 0 radical (unpaired) electrons. The summed E-state index contributed by atoms with van der Waals surface area (Å²) in [5, 5.41) is 0. The van der Waals surface area contributed by atoms with Crippen molar-refractivity contribution >= 4 is 5.78 Å². The molecule has 0 bridgehead atoms. The van der Waals surface area contributed by atoms with Gasteiger partial charge in [0.15, 0.2) is 5.78 Å². The maximum Gasteiger partial charge on any atom is 0.165 e. The highest BCUT2D eigenvalue weighted by atomic mass is 16.1. The Bertz CT molecular complexity index is 347. The van der Waals surface area contributed by atoms with Crippen LogP contribution in [0.2, 0.25) is 0 Å². The van der Waals surface area contributed by atoms with Crippen LogP contribution in [0.3, 0.4) is 0 Å². The van der Waals surface area contributed by atoms with Gasteiger partial charge in [-0.1, -0.05) is 76.8 Å². The van der Waals surface area contributed by atoms with Crippen LogP contribution in [0, 0.1) is 11.8 Å². The fraction of sp³-hybridized carbons (Fsp3) is 0.611. The van der Waals surface area contributed by atoms with Gasteiger partial charge in [-0.15, -0.1) is 0 Å². The van der Waals surface area contributed by atoms with Crippen molar-refractivity contribution in [2.45, 2.75) is 59.3 Å². The van der Waals surface area contributed by atoms with Gasteiger partial charge in [-0.3, -0.25) is 4.79 Å². The third-order valence-corrected chi connectivity index (χ3v) is 4.04. The second-order valence-electron chi connectivity index (χ2n) is 5.56. The standard InChI is InChI=1S/C18H28O/c1-4-6-11-16(12-7-5-2)15(3)18(19)17-13-9-8-10-14-17/h8-10,13-16H,4-7,11-12H2,1-3H3. The Labute approximate surface area is 118 Å². The molecule has 106 valence electrons. The summed E-state index contributed by atoms with van der Waals surface area (Å²) in [4.78, 5) is 12.5. The molecule has 1 heteroatoms. The number of Topliss-reactive ketones (excluding diaryl/α,β-unsaturated/α-hetero) is 1. The molecule has 0 heterocycles. The lowest BCUT2D eigenvalue weighted by molar-refractivity contribution is 0.0874. The van der Waals surface area contributed by atoms with Crippen LogP contribution in [0.25, 0.3) is 0 Å². The molecule has 0 aliphatic carbocycles. The second kappa shape index (κ2) is 8.90. The maximum absolute atomic E-state index is 12.5. The Morgan fingerprint density at radius 2 is 1.53 bits per heavy atom. The molecule has 0 aromatic heterocycles. The van der Waals surface area contributed by atoms with Crippen molar-refractivity contribution < 1.29 is 4.79 Å². The first-order chi connectivity index (χ1) is 9.20. The Kier molecular flexibility index (Phi) is 7.47. The Balaban J connectivity index is 2.68. The highest BCUT2D eigenvalue weighted by Gasteiger charge is 2.23. The van der Waals surface area contributed by atoms with Gasteiger partial charge < -0.3 is 0 Å². The molecule has 1 rings (SSSR count). The zero-order valence-electron chi connectivity index (χ0n) is 12.7. The molecule has 1 nitrogen and oxygen atoms in total. The fourth-order valence-electron chi connectivity index (χ4n) is 2.66. The molecule has 1 atom stereocenters. The van der Waals surface area contributed by atoms with E-state index in [9.17, 15) is 4.79 Å². The molecule has 1 aromatic rings. The van der Waals surface area contributed by atoms with E-state index in [4.69, 9.17) is 0 Å². The van der Waals surface area contributed by atoms with Crippen molar-refractivity contribution in [1.29, 1.82) is 0 Å². The van der Waals surface area contributed by atoms with Crippen LogP contribution >= 0.6 is 0 Å². The number of rotatable bonds is 9. The van der Waals surface area contributed by atoms with Crippen molar-refractivity contribution in [2.24, 2.45) is 11.8 Å². The summed E-state index contributed by atoms with van der Waals surface area (Å²) < 4.78 is 0. The van der Waals surface area contributed by atoms with Gasteiger partial charge in [0.2, 0.25) is 0 Å². The Morgan fingerprint density at radius 3 is 2.00 bits per heavy atom. The van der Waals surface area contributed by atoms with Gasteiger partial charge in [0.05, 0.1) is 0 Å². The highest BCUT2D eigenvalue weighted by Crippen LogP contribution is 2.27. The summed E-state index contributed by atoms with van der Waals surface area (Å²) in [6.45, 7) is 6.56. The van der Waals surface area contributed by atoms with Crippen LogP contribution in [0.5, 0.6) is 0 Å². The van der Waals surface area contributed by atoms with Gasteiger partial charge in [-0.2, -0.15) is 0 Å². The molecular formula is C18H28O. The van der Waals surface area contributed by atoms with E-state index in [1.165, 1.54) is 38.5 Å². The van der Waals surface area contributed by atoms with E-state index < -0.39 is 0 Å². The van der Waals surface area contributed by atoms with E-state index in [0.717, 1.165) is 5.56 Å². The number of benzene rings is 1. The summed E-state index contributed by atoms with van der Waals surface area (Å²) in [7, 11) is 0. The van der Waals surface area contributed by atoms with E-state index in [2.05, 4.69) is 20.8 Å². The van der Waals surface area contributed by atoms with Crippen molar-refractivity contribution in [2.75, 3.05) is 0 Å². The van der Waals surface area contributed by atoms with Gasteiger partial charge in [0.1, 0.15) is 0 Å². The van der Waals surface area contributed by atoms with Crippen LogP contribution in [0.15, 0.2) is 30.3 Å². The summed E-state index contributed by atoms with van der Waals surface area (Å²) >= 11 is 0. The van der Waals surface area contributed by atoms with E-state index in [-0.39, 0.29) is 5.92 Å². The topological polar surface area (TPSA) is 17.1 Å². The first kappa shape index (κ1) is 15.9. The number of carbonyl (C=O) groups is 1. The van der Waals surface area contributed by atoms with Crippen LogP contribution < -0.4 is 0 Å². The summed E-state index contributed by atoms with van der Waals surface area (Å²) in [5.74, 6) is 1.02. The number of carbonyl (C=O) groups excluding carboxylic acids is 1. The lowest BCUT2D eigenvalue weighted by atomic mass is 9.81. The van der Waals surface area contributed by atoms with E-state index in [1.807, 2.05) is 30.3 Å². The third-order valence-electron chi connectivity index (χ3n) is 4.04. The average molecular weight is 260 g/mol. The monoisotopic (exact) mass is 260 g/mol. The normalized spacial score (nSPS) is 12.6. The minimum Gasteiger partial charge on any atom is -0.294 e. The van der Waals surface area contributed by atoms with Crippen molar-refractivity contribution in [3.8, 4) is 0 Å². The lowest BCUT2D eigenvalue weighted by Gasteiger charge is -2.23. The zero-order chi connectivity index (χ0) is 14.1. The number of unbranched alkanes of at least 4 members (excludes halogenated alkanes) is 2. The Hall–Kier alpha value is -1.11. The predicted octanol–water partition coefficient (Wildman–Crippen LogP) is 5.50. The molecule has 1 unspecified atom stereocenters. The van der Waals surface area contributed by atoms with Gasteiger partial charge in [0, 0.05) is 11.5 Å². The third kappa shape index (κ3) is 5.18. The fourth-order valence-corrected chi connectivity index (χ4v) is 2.66. The SMILES string of the molecule is CCCCC(CCCC)C(C)C(=O)c1ccccc1. The molecule has 0 amide bonds. The van der Waals surface area contributed by atoms with Gasteiger partial charge in [-0.05, 0) is 18.8 Å². The zero-order valence-corrected chi connectivity index (χ0v) is 12.7. The molecule has 0 aliphatic rings. The molecule has 0 saturated heterocycles. The van der Waals surface area contributed by atoms with Crippen LogP contribution in [0.4, 0.5) is 0 Å². The summed E-state index contributed by atoms with van der Waals surface area (Å²) in [6.07, 6.45) is 7.29. The smallest absolute Gasteiger partial charge is 0.165 e. The minimum atomic E-state index is 0.153. The minimum absolute atomic E-state index is 0.153. The predicted molar refractivity (Wildman–Crippen MR) is 82.5 cm³/mol. The summed E-state index contributed by atoms with van der Waals surface area (Å²) in [5.41, 5.74) is 0.869. The summed E-state index contributed by atoms with van der Waals surface area (Å²) in [6, 6.07) is 9.75. The van der Waals surface area contributed by atoms with Crippen molar-refractivity contribution in [3.63, 3.8) is 0 Å². The van der Waals surface area contributed by atoms with Crippen LogP contribution in [0.1, 0.15) is 69.7 Å². The lowest BCUT2D eigenvalue weighted by Crippen LogP contribution is -2.21. The molecule has 0 N–H and O–H groups in total. The quantitative estimate of drug-likeness (QED) is 0.536. The van der Waals surface area contributed by atoms with Crippen molar-refractivity contribution in [1.82, 2.24) is 0 Å². The van der Waals surface area contributed by atoms with Crippen molar-refractivity contribution in [3.05, 3.63) is 35.9 Å². The average Bonchev–Trinajstić information content (AvgIpc) is 2.47. The van der Waals surface area contributed by atoms with Gasteiger partial charge in [0.25, 0.3) is 0 Å². The highest BCUT2D eigenvalue weighted by molar-refractivity contribution is 5.97. The second-order valence-corrected chi connectivity index (χ2v) is 5.56. The maximum atomic E-state index is 12.5. The molecule has 0 aliphatic heterocycles. The van der Waals surface area contributed by atoms with E-state index >= 15 is 0 Å². The number of ketones is 1. The molecule has 0 fully saturated rings. The molecule has 0 spiro atoms. The first-order valence-electron chi connectivity index (χ1n) is 7.79. The van der Waals surface area contributed by atoms with Crippen LogP contribution in [-0.2, 0) is 0 Å². The molecule has 0 saturated carbocycles. The molecule has 19 heavy (non-hydrogen) atoms. The van der Waals surface area contributed by atoms with E-state index in [0.29, 0.717) is 11.7 Å². The number of hydrogen-bond acceptors (Lipinski definition) is 1.